The lowest BCUT2D eigenvalue weighted by Crippen LogP contribution is -2.52. The van der Waals surface area contributed by atoms with Gasteiger partial charge in [-0.05, 0) is 36.5 Å². The third kappa shape index (κ3) is 6.45. The summed E-state index contributed by atoms with van der Waals surface area (Å²) in [7, 11) is 0. The Balaban J connectivity index is 1.53. The topological polar surface area (TPSA) is 115 Å². The molecule has 0 atom stereocenters. The van der Waals surface area contributed by atoms with Crippen molar-refractivity contribution in [1.82, 2.24) is 9.80 Å². The number of rotatable bonds is 8. The molecule has 0 aromatic carbocycles. The summed E-state index contributed by atoms with van der Waals surface area (Å²) in [6.45, 7) is 1.83. The lowest BCUT2D eigenvalue weighted by Gasteiger charge is -2.41. The highest BCUT2D eigenvalue weighted by Gasteiger charge is 2.40. The molecule has 0 unspecified atom stereocenters. The summed E-state index contributed by atoms with van der Waals surface area (Å²) in [5.74, 6) is -1.69. The normalized spacial score (nSPS) is 22.9. The fourth-order valence-electron chi connectivity index (χ4n) is 6.15. The quantitative estimate of drug-likeness (QED) is 0.586. The number of amides is 2. The minimum absolute atomic E-state index is 0.00474. The van der Waals surface area contributed by atoms with Crippen LogP contribution in [-0.2, 0) is 19.2 Å². The highest BCUT2D eigenvalue weighted by Crippen LogP contribution is 2.44. The van der Waals surface area contributed by atoms with Crippen molar-refractivity contribution in [2.75, 3.05) is 26.2 Å². The van der Waals surface area contributed by atoms with E-state index in [1.165, 1.54) is 0 Å². The van der Waals surface area contributed by atoms with Gasteiger partial charge in [0.05, 0.1) is 12.8 Å². The van der Waals surface area contributed by atoms with Crippen LogP contribution in [0.5, 0.6) is 0 Å². The maximum Gasteiger partial charge on any atom is 0.303 e. The number of hydrogen-bond acceptors (Lipinski definition) is 4. The average Bonchev–Trinajstić information content (AvgIpc) is 2.73. The SMILES string of the molecule is O=C(O)CC1(CC(=O)N2CCN(C(=O)CC3(CC(=O)O)CCCCC3)CC2)CCCCC1. The molecule has 0 radical (unpaired) electrons. The number of aliphatic carboxylic acids is 2. The second-order valence-electron chi connectivity index (χ2n) is 10.4. The van der Waals surface area contributed by atoms with Crippen molar-refractivity contribution in [2.45, 2.75) is 89.9 Å². The van der Waals surface area contributed by atoms with Crippen LogP contribution in [0.4, 0.5) is 0 Å². The summed E-state index contributed by atoms with van der Waals surface area (Å²) in [5, 5.41) is 18.7. The van der Waals surface area contributed by atoms with E-state index in [9.17, 15) is 29.4 Å². The maximum absolute atomic E-state index is 13.0. The molecule has 8 nitrogen and oxygen atoms in total. The van der Waals surface area contributed by atoms with Gasteiger partial charge in [0.1, 0.15) is 0 Å². The number of nitrogens with zero attached hydrogens (tertiary/aromatic N) is 2. The first kappa shape index (κ1) is 24.5. The van der Waals surface area contributed by atoms with Crippen molar-refractivity contribution < 1.29 is 29.4 Å². The summed E-state index contributed by atoms with van der Waals surface area (Å²) >= 11 is 0. The molecule has 8 heteroatoms. The fraction of sp³-hybridized carbons (Fsp3) is 0.833. The zero-order valence-electron chi connectivity index (χ0n) is 19.1. The van der Waals surface area contributed by atoms with Gasteiger partial charge in [-0.1, -0.05) is 38.5 Å². The summed E-state index contributed by atoms with van der Waals surface area (Å²) < 4.78 is 0. The summed E-state index contributed by atoms with van der Waals surface area (Å²) in [4.78, 5) is 52.3. The maximum atomic E-state index is 13.0. The molecule has 0 bridgehead atoms. The predicted octanol–water partition coefficient (Wildman–Crippen LogP) is 3.29. The van der Waals surface area contributed by atoms with Crippen LogP contribution in [0.1, 0.15) is 89.9 Å². The van der Waals surface area contributed by atoms with Crippen molar-refractivity contribution in [3.05, 3.63) is 0 Å². The number of carbonyl (C=O) groups excluding carboxylic acids is 2. The number of piperazine rings is 1. The molecule has 32 heavy (non-hydrogen) atoms. The van der Waals surface area contributed by atoms with Gasteiger partial charge in [0.15, 0.2) is 0 Å². The van der Waals surface area contributed by atoms with E-state index in [1.54, 1.807) is 9.80 Å². The third-order valence-corrected chi connectivity index (χ3v) is 7.92. The molecule has 2 amide bonds. The molecule has 2 saturated carbocycles. The number of hydrogen-bond donors (Lipinski definition) is 2. The van der Waals surface area contributed by atoms with Gasteiger partial charge in [-0.25, -0.2) is 0 Å². The van der Waals surface area contributed by atoms with E-state index in [-0.39, 0.29) is 37.5 Å². The number of carboxylic acid groups (broad SMARTS) is 2. The smallest absolute Gasteiger partial charge is 0.303 e. The Bertz CT molecular complexity index is 641. The largest absolute Gasteiger partial charge is 0.481 e. The van der Waals surface area contributed by atoms with E-state index in [1.807, 2.05) is 0 Å². The van der Waals surface area contributed by atoms with Crippen LogP contribution in [0.3, 0.4) is 0 Å². The van der Waals surface area contributed by atoms with Gasteiger partial charge >= 0.3 is 11.9 Å². The Morgan fingerprint density at radius 2 is 0.844 bits per heavy atom. The number of carboxylic acids is 2. The van der Waals surface area contributed by atoms with Crippen LogP contribution in [0.25, 0.3) is 0 Å². The molecule has 1 heterocycles. The van der Waals surface area contributed by atoms with Crippen LogP contribution in [-0.4, -0.2) is 69.9 Å². The van der Waals surface area contributed by atoms with Gasteiger partial charge < -0.3 is 20.0 Å². The molecule has 3 fully saturated rings. The van der Waals surface area contributed by atoms with Crippen LogP contribution in [0.2, 0.25) is 0 Å². The zero-order valence-corrected chi connectivity index (χ0v) is 19.1. The van der Waals surface area contributed by atoms with E-state index in [2.05, 4.69) is 0 Å². The first-order valence-electron chi connectivity index (χ1n) is 12.2. The van der Waals surface area contributed by atoms with Crippen molar-refractivity contribution in [2.24, 2.45) is 10.8 Å². The summed E-state index contributed by atoms with van der Waals surface area (Å²) in [6, 6.07) is 0. The number of carbonyl (C=O) groups is 4. The first-order chi connectivity index (χ1) is 15.2. The predicted molar refractivity (Wildman–Crippen MR) is 118 cm³/mol. The zero-order chi connectivity index (χ0) is 23.2. The van der Waals surface area contributed by atoms with Gasteiger partial charge in [0.2, 0.25) is 11.8 Å². The monoisotopic (exact) mass is 450 g/mol. The molecule has 1 saturated heterocycles. The van der Waals surface area contributed by atoms with Gasteiger partial charge in [0, 0.05) is 39.0 Å². The van der Waals surface area contributed by atoms with Gasteiger partial charge in [-0.2, -0.15) is 0 Å². The molecule has 2 N–H and O–H groups in total. The standard InChI is InChI=1S/C24H38N2O6/c27-19(15-23(17-21(29)30)7-3-1-4-8-23)25-11-13-26(14-12-25)20(28)16-24(18-22(31)32)9-5-2-6-10-24/h1-18H2,(H,29,30)(H,31,32). The van der Waals surface area contributed by atoms with Crippen molar-refractivity contribution in [1.29, 1.82) is 0 Å². The van der Waals surface area contributed by atoms with E-state index in [4.69, 9.17) is 0 Å². The molecular formula is C24H38N2O6. The molecule has 2 aliphatic carbocycles. The van der Waals surface area contributed by atoms with Gasteiger partial charge in [-0.15, -0.1) is 0 Å². The first-order valence-corrected chi connectivity index (χ1v) is 12.2. The van der Waals surface area contributed by atoms with Crippen molar-refractivity contribution in [3.63, 3.8) is 0 Å². The van der Waals surface area contributed by atoms with E-state index >= 15 is 0 Å². The van der Waals surface area contributed by atoms with Gasteiger partial charge in [-0.3, -0.25) is 19.2 Å². The van der Waals surface area contributed by atoms with E-state index in [0.29, 0.717) is 26.2 Å². The van der Waals surface area contributed by atoms with E-state index in [0.717, 1.165) is 64.2 Å². The lowest BCUT2D eigenvalue weighted by atomic mass is 9.69. The van der Waals surface area contributed by atoms with Crippen LogP contribution >= 0.6 is 0 Å². The summed E-state index contributed by atoms with van der Waals surface area (Å²) in [5.41, 5.74) is -0.864. The highest BCUT2D eigenvalue weighted by molar-refractivity contribution is 5.80. The Morgan fingerprint density at radius 1 is 0.531 bits per heavy atom. The van der Waals surface area contributed by atoms with Crippen molar-refractivity contribution >= 4 is 23.8 Å². The Hall–Kier alpha value is -2.12. The van der Waals surface area contributed by atoms with Crippen molar-refractivity contribution in [3.8, 4) is 0 Å². The molecule has 3 rings (SSSR count). The van der Waals surface area contributed by atoms with Crippen LogP contribution in [0.15, 0.2) is 0 Å². The third-order valence-electron chi connectivity index (χ3n) is 7.92. The highest BCUT2D eigenvalue weighted by atomic mass is 16.4. The lowest BCUT2D eigenvalue weighted by molar-refractivity contribution is -0.147. The molecule has 3 aliphatic rings. The molecule has 0 spiro atoms. The Labute approximate surface area is 190 Å². The molecule has 0 aromatic rings. The average molecular weight is 451 g/mol. The molecule has 0 aromatic heterocycles. The second kappa shape index (κ2) is 10.7. The minimum Gasteiger partial charge on any atom is -0.481 e. The molecular weight excluding hydrogens is 412 g/mol. The van der Waals surface area contributed by atoms with Crippen LogP contribution < -0.4 is 0 Å². The Kier molecular flexibility index (Phi) is 8.17. The van der Waals surface area contributed by atoms with Crippen LogP contribution in [0, 0.1) is 10.8 Å². The summed E-state index contributed by atoms with van der Waals surface area (Å²) in [6.07, 6.45) is 9.87. The molecule has 180 valence electrons. The fourth-order valence-corrected chi connectivity index (χ4v) is 6.15. The minimum atomic E-state index is -0.840. The molecule has 1 aliphatic heterocycles. The van der Waals surface area contributed by atoms with Gasteiger partial charge in [0.25, 0.3) is 0 Å². The Morgan fingerprint density at radius 3 is 1.12 bits per heavy atom. The van der Waals surface area contributed by atoms with E-state index < -0.39 is 22.8 Å². The second-order valence-corrected chi connectivity index (χ2v) is 10.4.